The lowest BCUT2D eigenvalue weighted by Crippen LogP contribution is -2.28. The highest BCUT2D eigenvalue weighted by Gasteiger charge is 2.39. The van der Waals surface area contributed by atoms with Crippen molar-refractivity contribution < 1.29 is 0 Å². The summed E-state index contributed by atoms with van der Waals surface area (Å²) in [5, 5.41) is 0.585. The minimum atomic E-state index is 0.585. The second-order valence-electron chi connectivity index (χ2n) is 5.65. The highest BCUT2D eigenvalue weighted by atomic mass is 35.5. The lowest BCUT2D eigenvalue weighted by atomic mass is 9.88. The molecule has 1 aromatic heterocycles. The second kappa shape index (κ2) is 4.49. The van der Waals surface area contributed by atoms with Crippen molar-refractivity contribution in [1.29, 1.82) is 0 Å². The number of rotatable bonds is 3. The lowest BCUT2D eigenvalue weighted by Gasteiger charge is -2.28. The van der Waals surface area contributed by atoms with Crippen molar-refractivity contribution in [3.05, 3.63) is 23.5 Å². The summed E-state index contributed by atoms with van der Waals surface area (Å²) in [6, 6.07) is 3.99. The average Bonchev–Trinajstić information content (AvgIpc) is 2.91. The molecule has 0 aromatic carbocycles. The van der Waals surface area contributed by atoms with Crippen LogP contribution in [0.15, 0.2) is 18.3 Å². The summed E-state index contributed by atoms with van der Waals surface area (Å²) in [6.45, 7) is 1.17. The fourth-order valence-corrected chi connectivity index (χ4v) is 3.86. The van der Waals surface area contributed by atoms with Crippen LogP contribution in [-0.2, 0) is 0 Å². The van der Waals surface area contributed by atoms with Gasteiger partial charge in [0.05, 0.1) is 0 Å². The van der Waals surface area contributed by atoms with E-state index in [2.05, 4.69) is 16.9 Å². The Morgan fingerprint density at radius 2 is 2.29 bits per heavy atom. The normalized spacial score (nSPS) is 30.8. The van der Waals surface area contributed by atoms with Crippen LogP contribution in [0.3, 0.4) is 0 Å². The van der Waals surface area contributed by atoms with Gasteiger partial charge in [-0.3, -0.25) is 0 Å². The third kappa shape index (κ3) is 2.28. The molecule has 3 atom stereocenters. The third-order valence-electron chi connectivity index (χ3n) is 4.54. The molecule has 0 aliphatic heterocycles. The Morgan fingerprint density at radius 1 is 1.41 bits per heavy atom. The van der Waals surface area contributed by atoms with Gasteiger partial charge in [0.25, 0.3) is 0 Å². The van der Waals surface area contributed by atoms with Gasteiger partial charge < -0.3 is 4.90 Å². The molecule has 3 heteroatoms. The number of nitrogens with zero attached hydrogens (tertiary/aromatic N) is 2. The minimum absolute atomic E-state index is 0.585. The lowest BCUT2D eigenvalue weighted by molar-refractivity contribution is 0.337. The Bertz CT molecular complexity index is 407. The molecule has 2 aliphatic carbocycles. The van der Waals surface area contributed by atoms with Crippen LogP contribution < -0.4 is 4.90 Å². The van der Waals surface area contributed by atoms with Crippen LogP contribution in [0.4, 0.5) is 5.69 Å². The maximum absolute atomic E-state index is 5.93. The van der Waals surface area contributed by atoms with E-state index in [-0.39, 0.29) is 0 Å². The Kier molecular flexibility index (Phi) is 2.99. The predicted molar refractivity (Wildman–Crippen MR) is 71.5 cm³/mol. The number of pyridine rings is 1. The second-order valence-corrected chi connectivity index (χ2v) is 6.04. The van der Waals surface area contributed by atoms with E-state index in [4.69, 9.17) is 11.6 Å². The molecule has 2 fully saturated rings. The first kappa shape index (κ1) is 11.3. The van der Waals surface area contributed by atoms with E-state index in [1.165, 1.54) is 37.9 Å². The zero-order valence-corrected chi connectivity index (χ0v) is 11.0. The molecule has 2 aliphatic rings. The van der Waals surface area contributed by atoms with Crippen LogP contribution in [0.2, 0.25) is 5.15 Å². The van der Waals surface area contributed by atoms with Gasteiger partial charge in [-0.15, -0.1) is 0 Å². The van der Waals surface area contributed by atoms with Gasteiger partial charge in [0, 0.05) is 25.5 Å². The summed E-state index contributed by atoms with van der Waals surface area (Å²) < 4.78 is 0. The van der Waals surface area contributed by atoms with Crippen molar-refractivity contribution in [3.8, 4) is 0 Å². The number of anilines is 1. The zero-order valence-electron chi connectivity index (χ0n) is 10.3. The van der Waals surface area contributed by atoms with E-state index < -0.39 is 0 Å². The van der Waals surface area contributed by atoms with Crippen molar-refractivity contribution in [1.82, 2.24) is 4.98 Å². The van der Waals surface area contributed by atoms with Crippen LogP contribution in [0.1, 0.15) is 25.7 Å². The fraction of sp³-hybridized carbons (Fsp3) is 0.643. The number of hydrogen-bond acceptors (Lipinski definition) is 2. The van der Waals surface area contributed by atoms with Crippen LogP contribution in [0, 0.1) is 17.8 Å². The molecule has 3 unspecified atom stereocenters. The molecule has 3 rings (SSSR count). The first-order valence-electron chi connectivity index (χ1n) is 6.55. The van der Waals surface area contributed by atoms with Crippen LogP contribution in [-0.4, -0.2) is 18.6 Å². The van der Waals surface area contributed by atoms with Gasteiger partial charge in [-0.1, -0.05) is 18.0 Å². The first-order valence-corrected chi connectivity index (χ1v) is 6.93. The molecule has 0 spiro atoms. The summed E-state index contributed by atoms with van der Waals surface area (Å²) in [6.07, 6.45) is 7.64. The molecule has 0 N–H and O–H groups in total. The molecule has 1 heterocycles. The molecular weight excluding hydrogens is 232 g/mol. The summed E-state index contributed by atoms with van der Waals surface area (Å²) >= 11 is 5.93. The van der Waals surface area contributed by atoms with Gasteiger partial charge in [-0.05, 0) is 49.1 Å². The zero-order chi connectivity index (χ0) is 11.8. The van der Waals surface area contributed by atoms with Gasteiger partial charge in [-0.2, -0.15) is 0 Å². The molecule has 1 aromatic rings. The van der Waals surface area contributed by atoms with E-state index in [1.807, 2.05) is 12.1 Å². The van der Waals surface area contributed by atoms with E-state index >= 15 is 0 Å². The number of hydrogen-bond donors (Lipinski definition) is 0. The highest BCUT2D eigenvalue weighted by Crippen LogP contribution is 2.48. The van der Waals surface area contributed by atoms with Gasteiger partial charge in [0.1, 0.15) is 5.15 Å². The van der Waals surface area contributed by atoms with Crippen LogP contribution in [0.25, 0.3) is 0 Å². The number of aromatic nitrogens is 1. The summed E-state index contributed by atoms with van der Waals surface area (Å²) in [5.74, 6) is 2.91. The van der Waals surface area contributed by atoms with Crippen molar-refractivity contribution in [3.63, 3.8) is 0 Å². The van der Waals surface area contributed by atoms with Crippen molar-refractivity contribution in [2.75, 3.05) is 18.5 Å². The van der Waals surface area contributed by atoms with Crippen molar-refractivity contribution in [2.45, 2.75) is 25.7 Å². The molecular formula is C14H19ClN2. The predicted octanol–water partition coefficient (Wildman–Crippen LogP) is 3.61. The van der Waals surface area contributed by atoms with E-state index in [9.17, 15) is 0 Å². The summed E-state index contributed by atoms with van der Waals surface area (Å²) in [7, 11) is 2.16. The molecule has 0 amide bonds. The fourth-order valence-electron chi connectivity index (χ4n) is 3.69. The SMILES string of the molecule is CN(CC1CC2CCC1C2)c1ccnc(Cl)c1. The molecule has 92 valence electrons. The standard InChI is InChI=1S/C14H19ClN2/c1-17(13-4-5-16-14(15)8-13)9-12-7-10-2-3-11(12)6-10/h4-5,8,10-12H,2-3,6-7,9H2,1H3. The monoisotopic (exact) mass is 250 g/mol. The molecule has 17 heavy (non-hydrogen) atoms. The molecule has 2 nitrogen and oxygen atoms in total. The molecule has 0 saturated heterocycles. The van der Waals surface area contributed by atoms with Gasteiger partial charge in [0.2, 0.25) is 0 Å². The Labute approximate surface area is 108 Å². The quantitative estimate of drug-likeness (QED) is 0.762. The van der Waals surface area contributed by atoms with Crippen molar-refractivity contribution in [2.24, 2.45) is 17.8 Å². The first-order chi connectivity index (χ1) is 8.22. The van der Waals surface area contributed by atoms with Crippen LogP contribution >= 0.6 is 11.6 Å². The Balaban J connectivity index is 1.65. The van der Waals surface area contributed by atoms with Gasteiger partial charge in [-0.25, -0.2) is 4.98 Å². The maximum Gasteiger partial charge on any atom is 0.131 e. The van der Waals surface area contributed by atoms with E-state index in [1.54, 1.807) is 6.20 Å². The smallest absolute Gasteiger partial charge is 0.131 e. The third-order valence-corrected chi connectivity index (χ3v) is 4.75. The largest absolute Gasteiger partial charge is 0.374 e. The maximum atomic E-state index is 5.93. The molecule has 0 radical (unpaired) electrons. The Hall–Kier alpha value is -0.760. The van der Waals surface area contributed by atoms with E-state index in [0.717, 1.165) is 17.8 Å². The highest BCUT2D eigenvalue weighted by molar-refractivity contribution is 6.29. The molecule has 2 saturated carbocycles. The minimum Gasteiger partial charge on any atom is -0.374 e. The summed E-state index contributed by atoms with van der Waals surface area (Å²) in [5.41, 5.74) is 1.19. The number of halogens is 1. The summed E-state index contributed by atoms with van der Waals surface area (Å²) in [4.78, 5) is 6.36. The van der Waals surface area contributed by atoms with E-state index in [0.29, 0.717) is 5.15 Å². The number of fused-ring (bicyclic) bond motifs is 2. The van der Waals surface area contributed by atoms with Gasteiger partial charge >= 0.3 is 0 Å². The Morgan fingerprint density at radius 3 is 2.94 bits per heavy atom. The molecule has 2 bridgehead atoms. The average molecular weight is 251 g/mol. The van der Waals surface area contributed by atoms with Gasteiger partial charge in [0.15, 0.2) is 0 Å². The van der Waals surface area contributed by atoms with Crippen LogP contribution in [0.5, 0.6) is 0 Å². The van der Waals surface area contributed by atoms with Crippen molar-refractivity contribution >= 4 is 17.3 Å². The topological polar surface area (TPSA) is 16.1 Å².